The second-order valence-corrected chi connectivity index (χ2v) is 9.89. The van der Waals surface area contributed by atoms with Crippen LogP contribution in [0.5, 0.6) is 6.01 Å². The van der Waals surface area contributed by atoms with Gasteiger partial charge >= 0.3 is 6.01 Å². The molecule has 1 aromatic rings. The molecule has 4 heterocycles. The van der Waals surface area contributed by atoms with E-state index >= 15 is 0 Å². The fourth-order valence-electron chi connectivity index (χ4n) is 4.38. The van der Waals surface area contributed by atoms with Crippen molar-refractivity contribution in [2.45, 2.75) is 24.0 Å². The molecule has 1 spiro atoms. The Balaban J connectivity index is 1.38. The standard InChI is InChI=1S/C17H25N3O4S/c21-25(22)9-4-15(11-24-16-18-5-1-6-19-16)17(25)12-20(13-17)10-14-2-7-23-8-3-14/h1,5-6,14-15H,2-4,7-13H2/t15-/m1/s1. The molecule has 0 aromatic carbocycles. The van der Waals surface area contributed by atoms with Crippen molar-refractivity contribution in [3.63, 3.8) is 0 Å². The highest BCUT2D eigenvalue weighted by Crippen LogP contribution is 2.45. The van der Waals surface area contributed by atoms with E-state index in [1.807, 2.05) is 0 Å². The zero-order valence-corrected chi connectivity index (χ0v) is 15.2. The molecule has 3 fully saturated rings. The Morgan fingerprint density at radius 2 is 1.92 bits per heavy atom. The van der Waals surface area contributed by atoms with Gasteiger partial charge in [0.15, 0.2) is 9.84 Å². The van der Waals surface area contributed by atoms with Crippen LogP contribution in [-0.4, -0.2) is 73.2 Å². The summed E-state index contributed by atoms with van der Waals surface area (Å²) in [6.45, 7) is 4.28. The highest BCUT2D eigenvalue weighted by molar-refractivity contribution is 7.93. The zero-order valence-electron chi connectivity index (χ0n) is 14.3. The monoisotopic (exact) mass is 367 g/mol. The van der Waals surface area contributed by atoms with Crippen molar-refractivity contribution in [2.75, 3.05) is 45.2 Å². The normalized spacial score (nSPS) is 28.7. The molecule has 138 valence electrons. The van der Waals surface area contributed by atoms with Crippen molar-refractivity contribution in [1.82, 2.24) is 14.9 Å². The number of hydrogen-bond acceptors (Lipinski definition) is 7. The summed E-state index contributed by atoms with van der Waals surface area (Å²) in [6.07, 6.45) is 6.08. The third kappa shape index (κ3) is 3.27. The molecule has 0 saturated carbocycles. The highest BCUT2D eigenvalue weighted by atomic mass is 32.2. The summed E-state index contributed by atoms with van der Waals surface area (Å²) >= 11 is 0. The first kappa shape index (κ1) is 17.2. The van der Waals surface area contributed by atoms with Crippen molar-refractivity contribution < 1.29 is 17.9 Å². The smallest absolute Gasteiger partial charge is 0.316 e. The summed E-state index contributed by atoms with van der Waals surface area (Å²) in [5.74, 6) is 0.914. The van der Waals surface area contributed by atoms with Crippen LogP contribution in [0.1, 0.15) is 19.3 Å². The molecule has 0 bridgehead atoms. The molecule has 3 aliphatic rings. The molecule has 7 nitrogen and oxygen atoms in total. The number of hydrogen-bond donors (Lipinski definition) is 0. The molecule has 3 saturated heterocycles. The fourth-order valence-corrected chi connectivity index (χ4v) is 6.83. The zero-order chi connectivity index (χ0) is 17.3. The Morgan fingerprint density at radius 3 is 2.64 bits per heavy atom. The number of ether oxygens (including phenoxy) is 2. The minimum absolute atomic E-state index is 0.0206. The van der Waals surface area contributed by atoms with Gasteiger partial charge in [0, 0.05) is 51.2 Å². The van der Waals surface area contributed by atoms with Crippen LogP contribution >= 0.6 is 0 Å². The van der Waals surface area contributed by atoms with Crippen molar-refractivity contribution in [2.24, 2.45) is 11.8 Å². The average Bonchev–Trinajstić information content (AvgIpc) is 2.86. The summed E-state index contributed by atoms with van der Waals surface area (Å²) < 4.78 is 35.8. The molecule has 0 radical (unpaired) electrons. The Kier molecular flexibility index (Phi) is 4.68. The lowest BCUT2D eigenvalue weighted by atomic mass is 9.82. The predicted octanol–water partition coefficient (Wildman–Crippen LogP) is 0.771. The highest BCUT2D eigenvalue weighted by Gasteiger charge is 2.61. The van der Waals surface area contributed by atoms with Crippen molar-refractivity contribution in [3.8, 4) is 6.01 Å². The van der Waals surface area contributed by atoms with E-state index in [4.69, 9.17) is 9.47 Å². The van der Waals surface area contributed by atoms with Crippen molar-refractivity contribution in [1.29, 1.82) is 0 Å². The number of likely N-dealkylation sites (tertiary alicyclic amines) is 1. The first-order valence-corrected chi connectivity index (χ1v) is 10.7. The van der Waals surface area contributed by atoms with E-state index in [0.29, 0.717) is 38.0 Å². The molecular weight excluding hydrogens is 342 g/mol. The number of nitrogens with zero attached hydrogens (tertiary/aromatic N) is 3. The van der Waals surface area contributed by atoms with E-state index < -0.39 is 14.6 Å². The van der Waals surface area contributed by atoms with Crippen LogP contribution in [0, 0.1) is 11.8 Å². The number of rotatable bonds is 5. The molecule has 0 N–H and O–H groups in total. The summed E-state index contributed by atoms with van der Waals surface area (Å²) in [5, 5.41) is 0. The van der Waals surface area contributed by atoms with E-state index in [1.54, 1.807) is 18.5 Å². The first-order valence-electron chi connectivity index (χ1n) is 9.01. The van der Waals surface area contributed by atoms with Gasteiger partial charge in [-0.25, -0.2) is 18.4 Å². The van der Waals surface area contributed by atoms with Gasteiger partial charge in [-0.1, -0.05) is 0 Å². The molecule has 0 aliphatic carbocycles. The van der Waals surface area contributed by atoms with Gasteiger partial charge < -0.3 is 9.47 Å². The molecule has 1 atom stereocenters. The van der Waals surface area contributed by atoms with Gasteiger partial charge in [0.2, 0.25) is 0 Å². The van der Waals surface area contributed by atoms with Crippen LogP contribution < -0.4 is 4.74 Å². The van der Waals surface area contributed by atoms with Crippen molar-refractivity contribution >= 4 is 9.84 Å². The van der Waals surface area contributed by atoms with E-state index in [2.05, 4.69) is 14.9 Å². The lowest BCUT2D eigenvalue weighted by Gasteiger charge is -2.51. The van der Waals surface area contributed by atoms with Gasteiger partial charge in [-0.2, -0.15) is 0 Å². The van der Waals surface area contributed by atoms with Crippen LogP contribution in [0.4, 0.5) is 0 Å². The Labute approximate surface area is 148 Å². The minimum atomic E-state index is -3.06. The minimum Gasteiger partial charge on any atom is -0.463 e. The van der Waals surface area contributed by atoms with Gasteiger partial charge in [-0.3, -0.25) is 4.90 Å². The Bertz CT molecular complexity index is 685. The van der Waals surface area contributed by atoms with Crippen LogP contribution in [0.3, 0.4) is 0 Å². The van der Waals surface area contributed by atoms with Gasteiger partial charge in [-0.05, 0) is 31.2 Å². The van der Waals surface area contributed by atoms with E-state index in [1.165, 1.54) is 0 Å². The molecule has 8 heteroatoms. The lowest BCUT2D eigenvalue weighted by molar-refractivity contribution is 0.0158. The summed E-state index contributed by atoms with van der Waals surface area (Å²) in [5.41, 5.74) is 0. The first-order chi connectivity index (χ1) is 12.1. The maximum absolute atomic E-state index is 12.7. The fraction of sp³-hybridized carbons (Fsp3) is 0.765. The van der Waals surface area contributed by atoms with Crippen LogP contribution in [0.2, 0.25) is 0 Å². The largest absolute Gasteiger partial charge is 0.463 e. The van der Waals surface area contributed by atoms with Crippen LogP contribution in [0.25, 0.3) is 0 Å². The van der Waals surface area contributed by atoms with E-state index in [9.17, 15) is 8.42 Å². The third-order valence-electron chi connectivity index (χ3n) is 5.89. The maximum atomic E-state index is 12.7. The lowest BCUT2D eigenvalue weighted by Crippen LogP contribution is -2.68. The Hall–Kier alpha value is -1.25. The van der Waals surface area contributed by atoms with E-state index in [0.717, 1.165) is 32.6 Å². The summed E-state index contributed by atoms with van der Waals surface area (Å²) in [7, 11) is -3.06. The molecule has 0 unspecified atom stereocenters. The summed E-state index contributed by atoms with van der Waals surface area (Å²) in [4.78, 5) is 10.4. The topological polar surface area (TPSA) is 81.6 Å². The second kappa shape index (κ2) is 6.81. The maximum Gasteiger partial charge on any atom is 0.316 e. The van der Waals surface area contributed by atoms with Gasteiger partial charge in [0.25, 0.3) is 0 Å². The van der Waals surface area contributed by atoms with Gasteiger partial charge in [0.1, 0.15) is 4.75 Å². The second-order valence-electron chi connectivity index (χ2n) is 7.44. The molecule has 1 aromatic heterocycles. The molecule has 0 amide bonds. The average molecular weight is 367 g/mol. The van der Waals surface area contributed by atoms with E-state index in [-0.39, 0.29) is 11.7 Å². The number of aromatic nitrogens is 2. The number of sulfone groups is 1. The third-order valence-corrected chi connectivity index (χ3v) is 8.50. The SMILES string of the molecule is O=S1(=O)CC[C@H](COc2ncccn2)C12CN(CC1CCOCC1)C2. The van der Waals surface area contributed by atoms with Crippen LogP contribution in [-0.2, 0) is 14.6 Å². The van der Waals surface area contributed by atoms with Crippen LogP contribution in [0.15, 0.2) is 18.5 Å². The summed E-state index contributed by atoms with van der Waals surface area (Å²) in [6, 6.07) is 2.05. The molecule has 25 heavy (non-hydrogen) atoms. The molecule has 4 rings (SSSR count). The molecule has 3 aliphatic heterocycles. The predicted molar refractivity (Wildman–Crippen MR) is 92.1 cm³/mol. The van der Waals surface area contributed by atoms with Gasteiger partial charge in [-0.15, -0.1) is 0 Å². The van der Waals surface area contributed by atoms with Gasteiger partial charge in [0.05, 0.1) is 12.4 Å². The van der Waals surface area contributed by atoms with Crippen molar-refractivity contribution in [3.05, 3.63) is 18.5 Å². The molecular formula is C17H25N3O4S. The Morgan fingerprint density at radius 1 is 1.20 bits per heavy atom. The quantitative estimate of drug-likeness (QED) is 0.760.